The van der Waals surface area contributed by atoms with Crippen LogP contribution < -0.4 is 0 Å². The van der Waals surface area contributed by atoms with E-state index < -0.39 is 29.7 Å². The van der Waals surface area contributed by atoms with E-state index in [2.05, 4.69) is 6.58 Å². The minimum Gasteiger partial charge on any atom is -0.481 e. The molecule has 6 nitrogen and oxygen atoms in total. The van der Waals surface area contributed by atoms with Crippen molar-refractivity contribution in [3.05, 3.63) is 12.2 Å². The Balaban J connectivity index is 4.19. The number of carboxylic acid groups (broad SMARTS) is 1. The van der Waals surface area contributed by atoms with E-state index in [-0.39, 0.29) is 25.2 Å². The zero-order chi connectivity index (χ0) is 16.4. The molecule has 2 atom stereocenters. The SMILES string of the molecule is C=C(C)C(=O)OCCOC(=O)C(CC)CC(CC)C(=O)O. The Morgan fingerprint density at radius 1 is 1.05 bits per heavy atom. The average Bonchev–Trinajstić information content (AvgIpc) is 2.43. The van der Waals surface area contributed by atoms with E-state index in [0.29, 0.717) is 12.8 Å². The topological polar surface area (TPSA) is 89.9 Å². The molecule has 0 aliphatic heterocycles. The molecule has 0 amide bonds. The van der Waals surface area contributed by atoms with E-state index in [1.165, 1.54) is 6.92 Å². The fourth-order valence-electron chi connectivity index (χ4n) is 1.73. The third-order valence-electron chi connectivity index (χ3n) is 3.15. The monoisotopic (exact) mass is 300 g/mol. The standard InChI is InChI=1S/C15H24O6/c1-5-11(13(16)17)9-12(6-2)15(19)21-8-7-20-14(18)10(3)4/h11-12H,3,5-9H2,1-2,4H3,(H,16,17). The van der Waals surface area contributed by atoms with Crippen molar-refractivity contribution in [1.29, 1.82) is 0 Å². The van der Waals surface area contributed by atoms with Crippen molar-refractivity contribution >= 4 is 17.9 Å². The number of carboxylic acids is 1. The summed E-state index contributed by atoms with van der Waals surface area (Å²) in [6, 6.07) is 0. The molecule has 0 bridgehead atoms. The maximum absolute atomic E-state index is 11.9. The Hall–Kier alpha value is -1.85. The second-order valence-electron chi connectivity index (χ2n) is 4.87. The van der Waals surface area contributed by atoms with E-state index in [4.69, 9.17) is 14.6 Å². The molecule has 120 valence electrons. The molecule has 0 aliphatic carbocycles. The molecular weight excluding hydrogens is 276 g/mol. The van der Waals surface area contributed by atoms with Gasteiger partial charge in [0.15, 0.2) is 0 Å². The summed E-state index contributed by atoms with van der Waals surface area (Å²) < 4.78 is 9.81. The number of rotatable bonds is 10. The zero-order valence-corrected chi connectivity index (χ0v) is 12.9. The molecule has 0 radical (unpaired) electrons. The molecule has 0 heterocycles. The van der Waals surface area contributed by atoms with Crippen LogP contribution in [0.1, 0.15) is 40.0 Å². The summed E-state index contributed by atoms with van der Waals surface area (Å²) in [4.78, 5) is 33.9. The Bertz CT molecular complexity index is 388. The lowest BCUT2D eigenvalue weighted by Gasteiger charge is -2.17. The van der Waals surface area contributed by atoms with Gasteiger partial charge in [0.2, 0.25) is 0 Å². The van der Waals surface area contributed by atoms with Gasteiger partial charge >= 0.3 is 17.9 Å². The first-order valence-electron chi connectivity index (χ1n) is 7.05. The van der Waals surface area contributed by atoms with E-state index >= 15 is 0 Å². The Morgan fingerprint density at radius 2 is 1.57 bits per heavy atom. The molecule has 0 aromatic carbocycles. The van der Waals surface area contributed by atoms with E-state index in [1.807, 2.05) is 6.92 Å². The molecule has 0 aromatic rings. The second kappa shape index (κ2) is 9.96. The Labute approximate surface area is 125 Å². The van der Waals surface area contributed by atoms with Gasteiger partial charge in [0.1, 0.15) is 13.2 Å². The first-order chi connectivity index (χ1) is 9.83. The van der Waals surface area contributed by atoms with Gasteiger partial charge in [0.05, 0.1) is 11.8 Å². The summed E-state index contributed by atoms with van der Waals surface area (Å²) in [5.74, 6) is -2.90. The minimum absolute atomic E-state index is 0.0377. The highest BCUT2D eigenvalue weighted by Gasteiger charge is 2.25. The van der Waals surface area contributed by atoms with Crippen LogP contribution in [0.5, 0.6) is 0 Å². The van der Waals surface area contributed by atoms with Crippen molar-refractivity contribution in [2.75, 3.05) is 13.2 Å². The predicted molar refractivity (Wildman–Crippen MR) is 76.5 cm³/mol. The van der Waals surface area contributed by atoms with Gasteiger partial charge in [0, 0.05) is 5.57 Å². The lowest BCUT2D eigenvalue weighted by molar-refractivity contribution is -0.155. The molecule has 0 fully saturated rings. The van der Waals surface area contributed by atoms with Crippen LogP contribution in [0.25, 0.3) is 0 Å². The maximum Gasteiger partial charge on any atom is 0.333 e. The lowest BCUT2D eigenvalue weighted by atomic mass is 9.91. The summed E-state index contributed by atoms with van der Waals surface area (Å²) in [6.07, 6.45) is 1.23. The van der Waals surface area contributed by atoms with Crippen LogP contribution >= 0.6 is 0 Å². The van der Waals surface area contributed by atoms with E-state index in [1.54, 1.807) is 6.92 Å². The van der Waals surface area contributed by atoms with Gasteiger partial charge in [-0.05, 0) is 26.2 Å². The molecule has 0 aromatic heterocycles. The van der Waals surface area contributed by atoms with Gasteiger partial charge in [-0.1, -0.05) is 20.4 Å². The molecule has 0 aliphatic rings. The number of carbonyl (C=O) groups is 3. The van der Waals surface area contributed by atoms with Crippen molar-refractivity contribution in [2.24, 2.45) is 11.8 Å². The van der Waals surface area contributed by atoms with Gasteiger partial charge in [-0.25, -0.2) is 4.79 Å². The summed E-state index contributed by atoms with van der Waals surface area (Å²) in [5.41, 5.74) is 0.278. The number of esters is 2. The van der Waals surface area contributed by atoms with E-state index in [9.17, 15) is 14.4 Å². The third-order valence-corrected chi connectivity index (χ3v) is 3.15. The highest BCUT2D eigenvalue weighted by Crippen LogP contribution is 2.20. The Kier molecular flexibility index (Phi) is 9.08. The second-order valence-corrected chi connectivity index (χ2v) is 4.87. The quantitative estimate of drug-likeness (QED) is 0.378. The van der Waals surface area contributed by atoms with Gasteiger partial charge in [-0.3, -0.25) is 9.59 Å². The first kappa shape index (κ1) is 19.1. The molecular formula is C15H24O6. The van der Waals surface area contributed by atoms with Crippen molar-refractivity contribution in [1.82, 2.24) is 0 Å². The minimum atomic E-state index is -0.904. The molecule has 0 saturated carbocycles. The van der Waals surface area contributed by atoms with Gasteiger partial charge in [-0.15, -0.1) is 0 Å². The highest BCUT2D eigenvalue weighted by molar-refractivity contribution is 5.86. The zero-order valence-electron chi connectivity index (χ0n) is 12.9. The van der Waals surface area contributed by atoms with Crippen molar-refractivity contribution in [3.63, 3.8) is 0 Å². The molecule has 21 heavy (non-hydrogen) atoms. The maximum atomic E-state index is 11.9. The molecule has 0 rings (SSSR count). The average molecular weight is 300 g/mol. The van der Waals surface area contributed by atoms with E-state index in [0.717, 1.165) is 0 Å². The van der Waals surface area contributed by atoms with Crippen LogP contribution in [0.2, 0.25) is 0 Å². The van der Waals surface area contributed by atoms with Crippen LogP contribution in [0.3, 0.4) is 0 Å². The van der Waals surface area contributed by atoms with Crippen LogP contribution in [0, 0.1) is 11.8 Å². The number of carbonyl (C=O) groups excluding carboxylic acids is 2. The van der Waals surface area contributed by atoms with Gasteiger partial charge in [-0.2, -0.15) is 0 Å². The number of ether oxygens (including phenoxy) is 2. The highest BCUT2D eigenvalue weighted by atomic mass is 16.6. The van der Waals surface area contributed by atoms with Crippen LogP contribution in [0.15, 0.2) is 12.2 Å². The van der Waals surface area contributed by atoms with Crippen LogP contribution in [0.4, 0.5) is 0 Å². The van der Waals surface area contributed by atoms with Crippen molar-refractivity contribution < 1.29 is 29.0 Å². The first-order valence-corrected chi connectivity index (χ1v) is 7.05. The molecule has 6 heteroatoms. The molecule has 2 unspecified atom stereocenters. The number of hydrogen-bond donors (Lipinski definition) is 1. The van der Waals surface area contributed by atoms with Crippen LogP contribution in [-0.2, 0) is 23.9 Å². The largest absolute Gasteiger partial charge is 0.481 e. The van der Waals surface area contributed by atoms with Crippen LogP contribution in [-0.4, -0.2) is 36.2 Å². The summed E-state index contributed by atoms with van der Waals surface area (Å²) in [6.45, 7) is 8.45. The normalized spacial score (nSPS) is 13.1. The summed E-state index contributed by atoms with van der Waals surface area (Å²) >= 11 is 0. The summed E-state index contributed by atoms with van der Waals surface area (Å²) in [5, 5.41) is 9.01. The molecule has 1 N–H and O–H groups in total. The fourth-order valence-corrected chi connectivity index (χ4v) is 1.73. The number of hydrogen-bond acceptors (Lipinski definition) is 5. The summed E-state index contributed by atoms with van der Waals surface area (Å²) in [7, 11) is 0. The Morgan fingerprint density at radius 3 is 2.00 bits per heavy atom. The molecule has 0 spiro atoms. The van der Waals surface area contributed by atoms with Crippen molar-refractivity contribution in [2.45, 2.75) is 40.0 Å². The lowest BCUT2D eigenvalue weighted by Crippen LogP contribution is -2.25. The number of aliphatic carboxylic acids is 1. The predicted octanol–water partition coefficient (Wildman–Crippen LogP) is 2.18. The van der Waals surface area contributed by atoms with Gasteiger partial charge < -0.3 is 14.6 Å². The molecule has 0 saturated heterocycles. The van der Waals surface area contributed by atoms with Gasteiger partial charge in [0.25, 0.3) is 0 Å². The fraction of sp³-hybridized carbons (Fsp3) is 0.667. The van der Waals surface area contributed by atoms with Crippen molar-refractivity contribution in [3.8, 4) is 0 Å². The third kappa shape index (κ3) is 7.48. The smallest absolute Gasteiger partial charge is 0.333 e.